The molecule has 2 heterocycles. The number of benzene rings is 1. The maximum Gasteiger partial charge on any atom is 0.322 e. The number of nitrogens with zero attached hydrogens (tertiary/aromatic N) is 2. The molecule has 0 atom stereocenters. The molecule has 6 heteroatoms. The fourth-order valence-corrected chi connectivity index (χ4v) is 2.35. The van der Waals surface area contributed by atoms with Crippen LogP contribution in [0.1, 0.15) is 5.56 Å². The number of anilines is 1. The van der Waals surface area contributed by atoms with Gasteiger partial charge in [0.2, 0.25) is 5.91 Å². The van der Waals surface area contributed by atoms with Gasteiger partial charge in [0.05, 0.1) is 6.42 Å². The molecule has 5 nitrogen and oxygen atoms in total. The van der Waals surface area contributed by atoms with Gasteiger partial charge in [0.25, 0.3) is 5.89 Å². The van der Waals surface area contributed by atoms with Gasteiger partial charge >= 0.3 is 6.01 Å². The highest BCUT2D eigenvalue weighted by molar-refractivity contribution is 7.08. The molecule has 1 aromatic carbocycles. The number of hydrogen-bond acceptors (Lipinski definition) is 5. The summed E-state index contributed by atoms with van der Waals surface area (Å²) in [4.78, 5) is 11.8. The number of carbonyl (C=O) groups is 1. The van der Waals surface area contributed by atoms with Crippen LogP contribution >= 0.6 is 11.3 Å². The quantitative estimate of drug-likeness (QED) is 0.800. The first-order chi connectivity index (χ1) is 9.81. The number of carbonyl (C=O) groups excluding carboxylic acids is 1. The second-order valence-corrected chi connectivity index (χ2v) is 4.91. The van der Waals surface area contributed by atoms with Crippen molar-refractivity contribution in [3.63, 3.8) is 0 Å². The van der Waals surface area contributed by atoms with Crippen LogP contribution in [-0.4, -0.2) is 16.1 Å². The Bertz CT molecular complexity index is 692. The Kier molecular flexibility index (Phi) is 3.56. The zero-order valence-electron chi connectivity index (χ0n) is 10.4. The topological polar surface area (TPSA) is 68.0 Å². The summed E-state index contributed by atoms with van der Waals surface area (Å²) in [6.45, 7) is 0. The second kappa shape index (κ2) is 5.66. The maximum atomic E-state index is 11.8. The molecular weight excluding hydrogens is 274 g/mol. The van der Waals surface area contributed by atoms with Gasteiger partial charge in [-0.1, -0.05) is 35.4 Å². The van der Waals surface area contributed by atoms with E-state index >= 15 is 0 Å². The van der Waals surface area contributed by atoms with Crippen molar-refractivity contribution in [1.82, 2.24) is 10.2 Å². The Morgan fingerprint density at radius 2 is 2.05 bits per heavy atom. The van der Waals surface area contributed by atoms with Gasteiger partial charge in [-0.3, -0.25) is 10.1 Å². The molecule has 0 spiro atoms. The molecule has 0 aliphatic carbocycles. The molecule has 100 valence electrons. The summed E-state index contributed by atoms with van der Waals surface area (Å²) < 4.78 is 5.39. The molecule has 20 heavy (non-hydrogen) atoms. The molecule has 2 aromatic heterocycles. The Morgan fingerprint density at radius 3 is 2.80 bits per heavy atom. The van der Waals surface area contributed by atoms with Gasteiger partial charge in [0.15, 0.2) is 0 Å². The number of rotatable bonds is 4. The summed E-state index contributed by atoms with van der Waals surface area (Å²) in [5, 5.41) is 14.1. The lowest BCUT2D eigenvalue weighted by Gasteiger charge is -2.00. The average molecular weight is 285 g/mol. The fraction of sp³-hybridized carbons (Fsp3) is 0.0714. The van der Waals surface area contributed by atoms with Crippen LogP contribution in [0.3, 0.4) is 0 Å². The third kappa shape index (κ3) is 2.92. The van der Waals surface area contributed by atoms with E-state index < -0.39 is 0 Å². The lowest BCUT2D eigenvalue weighted by atomic mass is 10.1. The van der Waals surface area contributed by atoms with Crippen LogP contribution in [0, 0.1) is 0 Å². The van der Waals surface area contributed by atoms with Crippen LogP contribution in [0.2, 0.25) is 0 Å². The van der Waals surface area contributed by atoms with Crippen molar-refractivity contribution in [3.05, 3.63) is 52.7 Å². The molecule has 0 fully saturated rings. The number of thiophene rings is 1. The van der Waals surface area contributed by atoms with Crippen molar-refractivity contribution in [2.24, 2.45) is 0 Å². The largest absolute Gasteiger partial charge is 0.403 e. The molecular formula is C14H11N3O2S. The SMILES string of the molecule is O=C(Cc1ccccc1)Nc1nnc(-c2ccsc2)o1. The van der Waals surface area contributed by atoms with Gasteiger partial charge in [0.1, 0.15) is 0 Å². The van der Waals surface area contributed by atoms with E-state index in [1.54, 1.807) is 11.3 Å². The lowest BCUT2D eigenvalue weighted by Crippen LogP contribution is -2.14. The third-order valence-electron chi connectivity index (χ3n) is 2.65. The Balaban J connectivity index is 1.65. The summed E-state index contributed by atoms with van der Waals surface area (Å²) >= 11 is 1.54. The molecule has 1 N–H and O–H groups in total. The van der Waals surface area contributed by atoms with Crippen molar-refractivity contribution in [2.45, 2.75) is 6.42 Å². The van der Waals surface area contributed by atoms with E-state index in [0.29, 0.717) is 5.89 Å². The summed E-state index contributed by atoms with van der Waals surface area (Å²) in [5.74, 6) is 0.220. The first-order valence-corrected chi connectivity index (χ1v) is 6.95. The highest BCUT2D eigenvalue weighted by Gasteiger charge is 2.11. The summed E-state index contributed by atoms with van der Waals surface area (Å²) in [6, 6.07) is 11.5. The predicted molar refractivity (Wildman–Crippen MR) is 76.4 cm³/mol. The van der Waals surface area contributed by atoms with Gasteiger partial charge in [-0.05, 0) is 17.0 Å². The van der Waals surface area contributed by atoms with E-state index in [2.05, 4.69) is 15.5 Å². The van der Waals surface area contributed by atoms with Crippen molar-refractivity contribution in [3.8, 4) is 11.5 Å². The van der Waals surface area contributed by atoms with Gasteiger partial charge in [-0.2, -0.15) is 11.3 Å². The van der Waals surface area contributed by atoms with Gasteiger partial charge in [0, 0.05) is 10.9 Å². The van der Waals surface area contributed by atoms with E-state index in [4.69, 9.17) is 4.42 Å². The standard InChI is InChI=1S/C14H11N3O2S/c18-12(8-10-4-2-1-3-5-10)15-14-17-16-13(19-14)11-6-7-20-9-11/h1-7,9H,8H2,(H,15,17,18). The minimum Gasteiger partial charge on any atom is -0.403 e. The van der Waals surface area contributed by atoms with Crippen LogP contribution in [0.4, 0.5) is 6.01 Å². The molecule has 0 unspecified atom stereocenters. The first kappa shape index (κ1) is 12.6. The van der Waals surface area contributed by atoms with E-state index in [0.717, 1.165) is 11.1 Å². The van der Waals surface area contributed by atoms with Crippen molar-refractivity contribution in [1.29, 1.82) is 0 Å². The molecule has 3 rings (SSSR count). The highest BCUT2D eigenvalue weighted by Crippen LogP contribution is 2.22. The molecule has 0 radical (unpaired) electrons. The minimum atomic E-state index is -0.184. The Morgan fingerprint density at radius 1 is 1.20 bits per heavy atom. The van der Waals surface area contributed by atoms with Crippen LogP contribution < -0.4 is 5.32 Å². The van der Waals surface area contributed by atoms with Gasteiger partial charge in [-0.15, -0.1) is 5.10 Å². The fourth-order valence-electron chi connectivity index (χ4n) is 1.72. The van der Waals surface area contributed by atoms with Crippen LogP contribution in [0.25, 0.3) is 11.5 Å². The second-order valence-electron chi connectivity index (χ2n) is 4.13. The number of amides is 1. The predicted octanol–water partition coefficient (Wildman–Crippen LogP) is 2.98. The van der Waals surface area contributed by atoms with E-state index in [1.165, 1.54) is 0 Å². The van der Waals surface area contributed by atoms with Gasteiger partial charge in [-0.25, -0.2) is 0 Å². The van der Waals surface area contributed by atoms with E-state index in [1.807, 2.05) is 47.2 Å². The number of nitrogens with one attached hydrogen (secondary N) is 1. The highest BCUT2D eigenvalue weighted by atomic mass is 32.1. The number of aromatic nitrogens is 2. The van der Waals surface area contributed by atoms with E-state index in [9.17, 15) is 4.79 Å². The first-order valence-electron chi connectivity index (χ1n) is 6.01. The Hall–Kier alpha value is -2.47. The molecule has 0 saturated carbocycles. The third-order valence-corrected chi connectivity index (χ3v) is 3.33. The molecule has 0 aliphatic heterocycles. The zero-order chi connectivity index (χ0) is 13.8. The molecule has 0 aliphatic rings. The monoisotopic (exact) mass is 285 g/mol. The molecule has 1 amide bonds. The van der Waals surface area contributed by atoms with Crippen molar-refractivity contribution in [2.75, 3.05) is 5.32 Å². The normalized spacial score (nSPS) is 10.4. The van der Waals surface area contributed by atoms with Crippen molar-refractivity contribution >= 4 is 23.3 Å². The summed E-state index contributed by atoms with van der Waals surface area (Å²) in [6.07, 6.45) is 0.275. The van der Waals surface area contributed by atoms with Crippen molar-refractivity contribution < 1.29 is 9.21 Å². The minimum absolute atomic E-state index is 0.118. The lowest BCUT2D eigenvalue weighted by molar-refractivity contribution is -0.115. The smallest absolute Gasteiger partial charge is 0.322 e. The van der Waals surface area contributed by atoms with Gasteiger partial charge < -0.3 is 4.42 Å². The summed E-state index contributed by atoms with van der Waals surface area (Å²) in [5.41, 5.74) is 1.79. The Labute approximate surface area is 119 Å². The number of hydrogen-bond donors (Lipinski definition) is 1. The van der Waals surface area contributed by atoms with E-state index in [-0.39, 0.29) is 18.3 Å². The molecule has 0 bridgehead atoms. The zero-order valence-corrected chi connectivity index (χ0v) is 11.3. The molecule has 3 aromatic rings. The van der Waals surface area contributed by atoms with Crippen LogP contribution in [0.15, 0.2) is 51.6 Å². The van der Waals surface area contributed by atoms with Crippen LogP contribution in [0.5, 0.6) is 0 Å². The summed E-state index contributed by atoms with van der Waals surface area (Å²) in [7, 11) is 0. The van der Waals surface area contributed by atoms with Crippen LogP contribution in [-0.2, 0) is 11.2 Å². The molecule has 0 saturated heterocycles. The average Bonchev–Trinajstić information content (AvgIpc) is 3.10. The maximum absolute atomic E-state index is 11.8.